The average Bonchev–Trinajstić information content (AvgIpc) is 1.65. The molecule has 2 N–H and O–H groups in total. The van der Waals surface area contributed by atoms with E-state index in [1.54, 1.807) is 0 Å². The van der Waals surface area contributed by atoms with Gasteiger partial charge in [0.2, 0.25) is 6.43 Å². The van der Waals surface area contributed by atoms with Gasteiger partial charge in [0.15, 0.2) is 0 Å². The number of halogens is 3. The Kier molecular flexibility index (Phi) is 7.72. The van der Waals surface area contributed by atoms with Crippen LogP contribution in [0.5, 0.6) is 0 Å². The Morgan fingerprint density at radius 2 is 2.00 bits per heavy atom. The van der Waals surface area contributed by atoms with Crippen molar-refractivity contribution in [2.45, 2.75) is 18.9 Å². The van der Waals surface area contributed by atoms with Gasteiger partial charge in [-0.2, -0.15) is 0 Å². The first-order chi connectivity index (χ1) is 3.66. The third-order valence-electron chi connectivity index (χ3n) is 0.753. The quantitative estimate of drug-likeness (QED) is 0.619. The van der Waals surface area contributed by atoms with Crippen LogP contribution in [0.3, 0.4) is 0 Å². The molecule has 56 valence electrons. The topological polar surface area (TPSA) is 26.0 Å². The molecule has 0 aromatic carbocycles. The van der Waals surface area contributed by atoms with E-state index in [0.29, 0.717) is 0 Å². The number of alkyl halides is 2. The lowest BCUT2D eigenvalue weighted by Gasteiger charge is -2.01. The summed E-state index contributed by atoms with van der Waals surface area (Å²) in [7, 11) is 0. The predicted molar refractivity (Wildman–Crippen MR) is 36.0 cm³/mol. The molecule has 0 amide bonds. The van der Waals surface area contributed by atoms with Crippen molar-refractivity contribution in [2.24, 2.45) is 5.73 Å². The van der Waals surface area contributed by atoms with Crippen LogP contribution in [0.25, 0.3) is 0 Å². The predicted octanol–water partition coefficient (Wildman–Crippen LogP) is 1.58. The molecule has 0 aliphatic carbocycles. The van der Waals surface area contributed by atoms with Crippen molar-refractivity contribution in [1.29, 1.82) is 0 Å². The molecule has 4 heteroatoms. The van der Waals surface area contributed by atoms with Gasteiger partial charge in [0, 0.05) is 12.5 Å². The summed E-state index contributed by atoms with van der Waals surface area (Å²) in [6, 6.07) is -0.560. The van der Waals surface area contributed by atoms with Gasteiger partial charge >= 0.3 is 0 Å². The first-order valence-electron chi connectivity index (χ1n) is 2.33. The van der Waals surface area contributed by atoms with Crippen molar-refractivity contribution < 1.29 is 8.78 Å². The minimum Gasteiger partial charge on any atom is -0.324 e. The number of hydrogen-bond donors (Lipinski definition) is 1. The fourth-order valence-corrected chi connectivity index (χ4v) is 0.302. The molecule has 0 fully saturated rings. The minimum atomic E-state index is -2.32. The molecule has 0 radical (unpaired) electrons. The number of rotatable bonds is 3. The van der Waals surface area contributed by atoms with Gasteiger partial charge in [0.05, 0.1) is 0 Å². The highest BCUT2D eigenvalue weighted by atomic mass is 35.5. The van der Waals surface area contributed by atoms with Crippen LogP contribution in [0, 0.1) is 0 Å². The monoisotopic (exact) mass is 157 g/mol. The van der Waals surface area contributed by atoms with E-state index in [2.05, 4.69) is 6.58 Å². The highest BCUT2D eigenvalue weighted by molar-refractivity contribution is 5.85. The summed E-state index contributed by atoms with van der Waals surface area (Å²) >= 11 is 0. The van der Waals surface area contributed by atoms with Gasteiger partial charge in [-0.15, -0.1) is 19.0 Å². The lowest BCUT2D eigenvalue weighted by atomic mass is 10.2. The Hall–Kier alpha value is -0.150. The summed E-state index contributed by atoms with van der Waals surface area (Å²) in [5.74, 6) is 0. The molecule has 1 unspecified atom stereocenters. The molecule has 0 heterocycles. The van der Waals surface area contributed by atoms with Crippen LogP contribution < -0.4 is 5.73 Å². The molecule has 0 bridgehead atoms. The molecule has 1 atom stereocenters. The maximum Gasteiger partial charge on any atom is 0.240 e. The Morgan fingerprint density at radius 1 is 1.56 bits per heavy atom. The van der Waals surface area contributed by atoms with Crippen LogP contribution >= 0.6 is 12.4 Å². The normalized spacial score (nSPS) is 12.4. The van der Waals surface area contributed by atoms with Gasteiger partial charge < -0.3 is 5.73 Å². The Morgan fingerprint density at radius 3 is 2.11 bits per heavy atom. The van der Waals surface area contributed by atoms with Crippen molar-refractivity contribution in [3.63, 3.8) is 0 Å². The molecular weight excluding hydrogens is 148 g/mol. The van der Waals surface area contributed by atoms with E-state index in [1.807, 2.05) is 0 Å². The molecular formula is C5H10ClF2N. The van der Waals surface area contributed by atoms with Crippen LogP contribution in [0.15, 0.2) is 12.7 Å². The van der Waals surface area contributed by atoms with Crippen molar-refractivity contribution in [2.75, 3.05) is 0 Å². The maximum atomic E-state index is 11.3. The van der Waals surface area contributed by atoms with E-state index in [4.69, 9.17) is 5.73 Å². The van der Waals surface area contributed by atoms with Crippen LogP contribution in [0.1, 0.15) is 6.42 Å². The van der Waals surface area contributed by atoms with Gasteiger partial charge in [-0.1, -0.05) is 6.08 Å². The first kappa shape index (κ1) is 11.6. The third kappa shape index (κ3) is 7.85. The second-order valence-electron chi connectivity index (χ2n) is 1.53. The van der Waals surface area contributed by atoms with Gasteiger partial charge in [0.1, 0.15) is 0 Å². The van der Waals surface area contributed by atoms with E-state index in [9.17, 15) is 8.78 Å². The smallest absolute Gasteiger partial charge is 0.240 e. The molecule has 0 aromatic rings. The van der Waals surface area contributed by atoms with Gasteiger partial charge in [-0.05, 0) is 0 Å². The molecule has 0 aliphatic rings. The SMILES string of the molecule is C=CC(N)CC(F)F.Cl. The lowest BCUT2D eigenvalue weighted by Crippen LogP contribution is -2.19. The highest BCUT2D eigenvalue weighted by Gasteiger charge is 2.05. The second-order valence-corrected chi connectivity index (χ2v) is 1.53. The van der Waals surface area contributed by atoms with E-state index < -0.39 is 12.5 Å². The summed E-state index contributed by atoms with van der Waals surface area (Å²) in [4.78, 5) is 0. The molecule has 1 nitrogen and oxygen atoms in total. The van der Waals surface area contributed by atoms with Gasteiger partial charge in [-0.25, -0.2) is 8.78 Å². The molecule has 0 saturated carbocycles. The Balaban J connectivity index is 0. The number of hydrogen-bond acceptors (Lipinski definition) is 1. The standard InChI is InChI=1S/C5H9F2N.ClH/c1-2-4(8)3-5(6)7;/h2,4-5H,1,3,8H2;1H. The van der Waals surface area contributed by atoms with E-state index in [0.717, 1.165) is 0 Å². The van der Waals surface area contributed by atoms with Crippen LogP contribution in [-0.4, -0.2) is 12.5 Å². The summed E-state index contributed by atoms with van der Waals surface area (Å²) in [6.45, 7) is 3.26. The fourth-order valence-electron chi connectivity index (χ4n) is 0.302. The molecule has 0 saturated heterocycles. The summed E-state index contributed by atoms with van der Waals surface area (Å²) in [5, 5.41) is 0. The molecule has 9 heavy (non-hydrogen) atoms. The fraction of sp³-hybridized carbons (Fsp3) is 0.600. The highest BCUT2D eigenvalue weighted by Crippen LogP contribution is 2.01. The zero-order valence-corrected chi connectivity index (χ0v) is 5.70. The van der Waals surface area contributed by atoms with E-state index in [1.165, 1.54) is 6.08 Å². The van der Waals surface area contributed by atoms with Gasteiger partial charge in [-0.3, -0.25) is 0 Å². The molecule has 0 rings (SSSR count). The zero-order chi connectivity index (χ0) is 6.57. The second kappa shape index (κ2) is 5.98. The van der Waals surface area contributed by atoms with Crippen molar-refractivity contribution >= 4 is 12.4 Å². The molecule has 0 aliphatic heterocycles. The average molecular weight is 158 g/mol. The van der Waals surface area contributed by atoms with Crippen molar-refractivity contribution in [3.8, 4) is 0 Å². The van der Waals surface area contributed by atoms with E-state index >= 15 is 0 Å². The first-order valence-corrected chi connectivity index (χ1v) is 2.33. The summed E-state index contributed by atoms with van der Waals surface area (Å²) < 4.78 is 22.7. The largest absolute Gasteiger partial charge is 0.324 e. The Bertz CT molecular complexity index is 77.4. The van der Waals surface area contributed by atoms with Crippen molar-refractivity contribution in [3.05, 3.63) is 12.7 Å². The van der Waals surface area contributed by atoms with Crippen LogP contribution in [0.2, 0.25) is 0 Å². The van der Waals surface area contributed by atoms with Crippen LogP contribution in [-0.2, 0) is 0 Å². The zero-order valence-electron chi connectivity index (χ0n) is 4.89. The molecule has 0 aromatic heterocycles. The maximum absolute atomic E-state index is 11.3. The summed E-state index contributed by atoms with van der Waals surface area (Å²) in [6.07, 6.45) is -1.29. The minimum absolute atomic E-state index is 0. The Labute approximate surface area is 59.3 Å². The number of nitrogens with two attached hydrogens (primary N) is 1. The van der Waals surface area contributed by atoms with Crippen molar-refractivity contribution in [1.82, 2.24) is 0 Å². The summed E-state index contributed by atoms with van der Waals surface area (Å²) in [5.41, 5.74) is 5.08. The lowest BCUT2D eigenvalue weighted by molar-refractivity contribution is 0.134. The third-order valence-corrected chi connectivity index (χ3v) is 0.753. The van der Waals surface area contributed by atoms with Gasteiger partial charge in [0.25, 0.3) is 0 Å². The van der Waals surface area contributed by atoms with E-state index in [-0.39, 0.29) is 18.8 Å². The molecule has 0 spiro atoms. The van der Waals surface area contributed by atoms with Crippen LogP contribution in [0.4, 0.5) is 8.78 Å².